The van der Waals surface area contributed by atoms with E-state index in [0.717, 1.165) is 30.4 Å². The van der Waals surface area contributed by atoms with Gasteiger partial charge in [-0.25, -0.2) is 14.6 Å². The number of hydrogen-bond acceptors (Lipinski definition) is 5. The van der Waals surface area contributed by atoms with Crippen molar-refractivity contribution in [3.8, 4) is 0 Å². The molecule has 0 atom stereocenters. The van der Waals surface area contributed by atoms with Crippen molar-refractivity contribution in [1.82, 2.24) is 19.7 Å². The summed E-state index contributed by atoms with van der Waals surface area (Å²) in [7, 11) is 0. The molecule has 2 rings (SSSR count). The van der Waals surface area contributed by atoms with E-state index in [1.165, 1.54) is 6.33 Å². The topological polar surface area (TPSA) is 118 Å². The lowest BCUT2D eigenvalue weighted by molar-refractivity contribution is 0.572. The summed E-state index contributed by atoms with van der Waals surface area (Å²) in [5.74, 6) is 0.440. The van der Waals surface area contributed by atoms with Crippen molar-refractivity contribution in [1.29, 1.82) is 0 Å². The van der Waals surface area contributed by atoms with Crippen LogP contribution in [-0.4, -0.2) is 26.3 Å². The summed E-state index contributed by atoms with van der Waals surface area (Å²) >= 11 is 0. The maximum Gasteiger partial charge on any atom is 0.163 e. The van der Waals surface area contributed by atoms with Crippen LogP contribution in [0.1, 0.15) is 12.8 Å². The summed E-state index contributed by atoms with van der Waals surface area (Å²) in [5.41, 5.74) is 14.6. The first-order valence-corrected chi connectivity index (χ1v) is 5.26. The molecule has 0 amide bonds. The van der Waals surface area contributed by atoms with E-state index >= 15 is 0 Å². The Morgan fingerprint density at radius 1 is 1.41 bits per heavy atom. The number of azide groups is 1. The van der Waals surface area contributed by atoms with Crippen molar-refractivity contribution in [2.24, 2.45) is 5.11 Å². The van der Waals surface area contributed by atoms with E-state index < -0.39 is 0 Å². The minimum atomic E-state index is 0.440. The molecule has 17 heavy (non-hydrogen) atoms. The Hall–Kier alpha value is -2.34. The van der Waals surface area contributed by atoms with E-state index in [2.05, 4.69) is 25.1 Å². The highest BCUT2D eigenvalue weighted by molar-refractivity contribution is 5.84. The zero-order valence-corrected chi connectivity index (χ0v) is 9.19. The number of rotatable bonds is 5. The number of anilines is 1. The summed E-state index contributed by atoms with van der Waals surface area (Å²) in [6.07, 6.45) is 4.79. The minimum Gasteiger partial charge on any atom is -0.383 e. The van der Waals surface area contributed by atoms with Gasteiger partial charge in [0.2, 0.25) is 0 Å². The van der Waals surface area contributed by atoms with Crippen LogP contribution >= 0.6 is 0 Å². The Bertz CT molecular complexity index is 553. The van der Waals surface area contributed by atoms with Crippen LogP contribution in [0.4, 0.5) is 5.82 Å². The molecule has 88 valence electrons. The zero-order chi connectivity index (χ0) is 12.1. The van der Waals surface area contributed by atoms with Gasteiger partial charge in [0.15, 0.2) is 5.65 Å². The number of aryl methyl sites for hydroxylation is 1. The van der Waals surface area contributed by atoms with Gasteiger partial charge in [-0.15, -0.1) is 0 Å². The third-order valence-electron chi connectivity index (χ3n) is 2.41. The molecule has 2 heterocycles. The Labute approximate surface area is 97.1 Å². The molecule has 0 aliphatic rings. The molecule has 0 saturated carbocycles. The maximum atomic E-state index is 8.13. The van der Waals surface area contributed by atoms with E-state index in [-0.39, 0.29) is 0 Å². The van der Waals surface area contributed by atoms with Gasteiger partial charge in [0.25, 0.3) is 0 Å². The van der Waals surface area contributed by atoms with Crippen molar-refractivity contribution >= 4 is 16.9 Å². The predicted octanol–water partition coefficient (Wildman–Crippen LogP) is 1.50. The molecule has 0 saturated heterocycles. The third-order valence-corrected chi connectivity index (χ3v) is 2.41. The molecule has 2 aromatic heterocycles. The van der Waals surface area contributed by atoms with Crippen molar-refractivity contribution in [3.63, 3.8) is 0 Å². The lowest BCUT2D eigenvalue weighted by atomic mass is 10.3. The molecule has 8 heteroatoms. The maximum absolute atomic E-state index is 8.13. The van der Waals surface area contributed by atoms with Crippen molar-refractivity contribution < 1.29 is 0 Å². The molecule has 8 nitrogen and oxygen atoms in total. The largest absolute Gasteiger partial charge is 0.383 e. The number of fused-ring (bicyclic) bond motifs is 1. The highest BCUT2D eigenvalue weighted by atomic mass is 15.3. The second-order valence-electron chi connectivity index (χ2n) is 3.53. The average molecular weight is 232 g/mol. The Morgan fingerprint density at radius 3 is 3.12 bits per heavy atom. The smallest absolute Gasteiger partial charge is 0.163 e. The Balaban J connectivity index is 2.04. The first-order valence-electron chi connectivity index (χ1n) is 5.26. The van der Waals surface area contributed by atoms with E-state index in [9.17, 15) is 0 Å². The van der Waals surface area contributed by atoms with Crippen LogP contribution in [0.2, 0.25) is 0 Å². The van der Waals surface area contributed by atoms with Gasteiger partial charge in [0, 0.05) is 18.0 Å². The fourth-order valence-electron chi connectivity index (χ4n) is 1.56. The SMILES string of the molecule is [N-]=[N+]=NCCCCn1ncc2c(N)ncnc21. The first kappa shape index (κ1) is 11.2. The van der Waals surface area contributed by atoms with Crippen LogP contribution in [0.5, 0.6) is 0 Å². The molecular weight excluding hydrogens is 220 g/mol. The second kappa shape index (κ2) is 5.13. The van der Waals surface area contributed by atoms with Crippen LogP contribution in [0.25, 0.3) is 21.5 Å². The molecule has 0 aliphatic heterocycles. The molecule has 0 fully saturated rings. The van der Waals surface area contributed by atoms with E-state index in [1.807, 2.05) is 0 Å². The van der Waals surface area contributed by atoms with Gasteiger partial charge in [-0.05, 0) is 18.4 Å². The number of nitrogens with zero attached hydrogens (tertiary/aromatic N) is 7. The molecular formula is C9H12N8. The molecule has 0 aromatic carbocycles. The summed E-state index contributed by atoms with van der Waals surface area (Å²) in [5, 5.41) is 8.44. The van der Waals surface area contributed by atoms with Gasteiger partial charge >= 0.3 is 0 Å². The summed E-state index contributed by atoms with van der Waals surface area (Å²) in [6.45, 7) is 1.23. The monoisotopic (exact) mass is 232 g/mol. The van der Waals surface area contributed by atoms with E-state index in [0.29, 0.717) is 12.4 Å². The van der Waals surface area contributed by atoms with E-state index in [1.54, 1.807) is 10.9 Å². The zero-order valence-electron chi connectivity index (χ0n) is 9.19. The highest BCUT2D eigenvalue weighted by Gasteiger charge is 2.06. The molecule has 2 aromatic rings. The normalized spacial score (nSPS) is 10.4. The Kier molecular flexibility index (Phi) is 3.37. The molecule has 0 spiro atoms. The van der Waals surface area contributed by atoms with Gasteiger partial charge in [-0.1, -0.05) is 5.11 Å². The lowest BCUT2D eigenvalue weighted by Crippen LogP contribution is -2.02. The fraction of sp³-hybridized carbons (Fsp3) is 0.444. The predicted molar refractivity (Wildman–Crippen MR) is 63.0 cm³/mol. The van der Waals surface area contributed by atoms with Crippen molar-refractivity contribution in [2.45, 2.75) is 19.4 Å². The van der Waals surface area contributed by atoms with Crippen molar-refractivity contribution in [3.05, 3.63) is 23.0 Å². The number of nitrogen functional groups attached to an aromatic ring is 1. The third kappa shape index (κ3) is 2.43. The van der Waals surface area contributed by atoms with Crippen molar-refractivity contribution in [2.75, 3.05) is 12.3 Å². The molecule has 0 bridgehead atoms. The van der Waals surface area contributed by atoms with Gasteiger partial charge in [-0.2, -0.15) is 5.10 Å². The second-order valence-corrected chi connectivity index (χ2v) is 3.53. The number of hydrogen-bond donors (Lipinski definition) is 1. The summed E-state index contributed by atoms with van der Waals surface area (Å²) in [6, 6.07) is 0. The van der Waals surface area contributed by atoms with Gasteiger partial charge < -0.3 is 5.73 Å². The van der Waals surface area contributed by atoms with Crippen LogP contribution < -0.4 is 5.73 Å². The molecule has 0 aliphatic carbocycles. The Morgan fingerprint density at radius 2 is 2.29 bits per heavy atom. The van der Waals surface area contributed by atoms with Crippen LogP contribution in [0.3, 0.4) is 0 Å². The van der Waals surface area contributed by atoms with E-state index in [4.69, 9.17) is 11.3 Å². The quantitative estimate of drug-likeness (QED) is 0.363. The summed E-state index contributed by atoms with van der Waals surface area (Å²) in [4.78, 5) is 10.7. The number of unbranched alkanes of at least 4 members (excludes halogenated alkanes) is 1. The van der Waals surface area contributed by atoms with Gasteiger partial charge in [0.1, 0.15) is 12.1 Å². The standard InChI is InChI=1S/C9H12N8/c10-8-7-5-15-17(9(7)13-6-12-8)4-2-1-3-14-16-11/h5-6H,1-4H2,(H2,10,12,13). The molecule has 2 N–H and O–H groups in total. The number of aromatic nitrogens is 4. The van der Waals surface area contributed by atoms with Crippen LogP contribution in [-0.2, 0) is 6.54 Å². The fourth-order valence-corrected chi connectivity index (χ4v) is 1.56. The number of nitrogens with two attached hydrogens (primary N) is 1. The lowest BCUT2D eigenvalue weighted by Gasteiger charge is -2.01. The highest BCUT2D eigenvalue weighted by Crippen LogP contribution is 2.15. The summed E-state index contributed by atoms with van der Waals surface area (Å²) < 4.78 is 1.78. The molecule has 0 radical (unpaired) electrons. The van der Waals surface area contributed by atoms with Gasteiger partial charge in [-0.3, -0.25) is 0 Å². The first-order chi connectivity index (χ1) is 8.33. The molecule has 0 unspecified atom stereocenters. The van der Waals surface area contributed by atoms with Crippen LogP contribution in [0, 0.1) is 0 Å². The van der Waals surface area contributed by atoms with Gasteiger partial charge in [0.05, 0.1) is 11.6 Å². The average Bonchev–Trinajstić information content (AvgIpc) is 2.74. The minimum absolute atomic E-state index is 0.440. The van der Waals surface area contributed by atoms with Crippen LogP contribution in [0.15, 0.2) is 17.6 Å².